The van der Waals surface area contributed by atoms with Crippen LogP contribution in [-0.2, 0) is 21.4 Å². The van der Waals surface area contributed by atoms with Crippen molar-refractivity contribution in [3.8, 4) is 16.9 Å². The molecule has 0 spiro atoms. The molecule has 32 heavy (non-hydrogen) atoms. The molecular formula is C22H20ClFN2O5S. The first-order chi connectivity index (χ1) is 15.1. The van der Waals surface area contributed by atoms with Crippen LogP contribution >= 0.6 is 11.6 Å². The van der Waals surface area contributed by atoms with E-state index >= 15 is 0 Å². The summed E-state index contributed by atoms with van der Waals surface area (Å²) < 4.78 is 45.3. The Labute approximate surface area is 189 Å². The summed E-state index contributed by atoms with van der Waals surface area (Å²) in [6, 6.07) is 14.3. The van der Waals surface area contributed by atoms with Crippen LogP contribution in [0.4, 0.5) is 10.1 Å². The van der Waals surface area contributed by atoms with Crippen molar-refractivity contribution in [3.63, 3.8) is 0 Å². The van der Waals surface area contributed by atoms with Crippen molar-refractivity contribution in [1.82, 2.24) is 4.31 Å². The lowest BCUT2D eigenvalue weighted by atomic mass is 10.0. The second-order valence-corrected chi connectivity index (χ2v) is 9.48. The summed E-state index contributed by atoms with van der Waals surface area (Å²) in [6.07, 6.45) is 0. The van der Waals surface area contributed by atoms with E-state index in [0.717, 1.165) is 16.4 Å². The molecule has 3 aromatic carbocycles. The van der Waals surface area contributed by atoms with Gasteiger partial charge in [0, 0.05) is 29.9 Å². The normalized spacial score (nSPS) is 11.5. The Kier molecular flexibility index (Phi) is 7.02. The number of carbonyl (C=O) groups is 1. The highest BCUT2D eigenvalue weighted by Crippen LogP contribution is 2.34. The maximum Gasteiger partial charge on any atom is 0.341 e. The molecular weight excluding hydrogens is 459 g/mol. The molecule has 7 nitrogen and oxygen atoms in total. The zero-order valence-corrected chi connectivity index (χ0v) is 18.5. The number of ether oxygens (including phenoxy) is 1. The number of carboxylic acids is 1. The SMILES string of the molecule is CN(Cc1ccc(OCC(=O)O)c(-c2cc(N)cc(Cl)c2)c1)S(=O)(=O)c1ccc(F)cc1. The predicted molar refractivity (Wildman–Crippen MR) is 119 cm³/mol. The number of sulfonamides is 1. The van der Waals surface area contributed by atoms with Crippen molar-refractivity contribution >= 4 is 33.3 Å². The largest absolute Gasteiger partial charge is 0.481 e. The lowest BCUT2D eigenvalue weighted by molar-refractivity contribution is -0.139. The fourth-order valence-corrected chi connectivity index (χ4v) is 4.47. The molecule has 0 aliphatic heterocycles. The standard InChI is InChI=1S/C22H20ClFN2O5S/c1-26(32(29,30)19-5-3-17(24)4-6-19)12-14-2-7-21(31-13-22(27)28)20(8-14)15-9-16(23)11-18(25)10-15/h2-11H,12-13,25H2,1H3,(H,27,28). The van der Waals surface area contributed by atoms with Crippen molar-refractivity contribution in [1.29, 1.82) is 0 Å². The first-order valence-electron chi connectivity index (χ1n) is 9.32. The Morgan fingerprint density at radius 2 is 1.81 bits per heavy atom. The molecule has 3 aromatic rings. The summed E-state index contributed by atoms with van der Waals surface area (Å²) >= 11 is 6.11. The molecule has 0 atom stereocenters. The number of carboxylic acid groups (broad SMARTS) is 1. The number of halogens is 2. The second-order valence-electron chi connectivity index (χ2n) is 7.00. The monoisotopic (exact) mass is 478 g/mol. The van der Waals surface area contributed by atoms with Crippen molar-refractivity contribution in [2.75, 3.05) is 19.4 Å². The molecule has 0 saturated heterocycles. The number of hydrogen-bond acceptors (Lipinski definition) is 5. The van der Waals surface area contributed by atoms with Crippen molar-refractivity contribution in [2.24, 2.45) is 0 Å². The predicted octanol–water partition coefficient (Wildman–Crippen LogP) is 4.01. The van der Waals surface area contributed by atoms with Crippen LogP contribution in [0.1, 0.15) is 5.56 Å². The van der Waals surface area contributed by atoms with Gasteiger partial charge < -0.3 is 15.6 Å². The quantitative estimate of drug-likeness (QED) is 0.473. The minimum atomic E-state index is -3.86. The van der Waals surface area contributed by atoms with Gasteiger partial charge >= 0.3 is 5.97 Å². The van der Waals surface area contributed by atoms with Crippen LogP contribution in [0.2, 0.25) is 5.02 Å². The van der Waals surface area contributed by atoms with Crippen LogP contribution < -0.4 is 10.5 Å². The Morgan fingerprint density at radius 3 is 2.44 bits per heavy atom. The summed E-state index contributed by atoms with van der Waals surface area (Å²) in [4.78, 5) is 10.9. The van der Waals surface area contributed by atoms with E-state index in [0.29, 0.717) is 27.4 Å². The fourth-order valence-electron chi connectivity index (χ4n) is 3.06. The number of aliphatic carboxylic acids is 1. The van der Waals surface area contributed by atoms with E-state index in [4.69, 9.17) is 27.2 Å². The van der Waals surface area contributed by atoms with Gasteiger partial charge in [-0.05, 0) is 65.7 Å². The van der Waals surface area contributed by atoms with Gasteiger partial charge in [0.05, 0.1) is 4.90 Å². The van der Waals surface area contributed by atoms with E-state index in [2.05, 4.69) is 0 Å². The zero-order chi connectivity index (χ0) is 23.5. The second kappa shape index (κ2) is 9.56. The third-order valence-corrected chi connectivity index (χ3v) is 6.59. The first kappa shape index (κ1) is 23.5. The number of hydrogen-bond donors (Lipinski definition) is 2. The Hall–Kier alpha value is -3.14. The lowest BCUT2D eigenvalue weighted by Crippen LogP contribution is -2.26. The summed E-state index contributed by atoms with van der Waals surface area (Å²) in [5.74, 6) is -1.40. The number of anilines is 1. The molecule has 3 rings (SSSR count). The minimum Gasteiger partial charge on any atom is -0.481 e. The molecule has 0 saturated carbocycles. The van der Waals surface area contributed by atoms with Gasteiger partial charge in [-0.3, -0.25) is 0 Å². The maximum atomic E-state index is 13.2. The van der Waals surface area contributed by atoms with Crippen LogP contribution in [0.3, 0.4) is 0 Å². The third kappa shape index (κ3) is 5.56. The highest BCUT2D eigenvalue weighted by Gasteiger charge is 2.21. The smallest absolute Gasteiger partial charge is 0.341 e. The van der Waals surface area contributed by atoms with Crippen LogP contribution in [0.15, 0.2) is 65.6 Å². The van der Waals surface area contributed by atoms with E-state index in [9.17, 15) is 17.6 Å². The molecule has 0 aliphatic rings. The average molecular weight is 479 g/mol. The Balaban J connectivity index is 1.96. The first-order valence-corrected chi connectivity index (χ1v) is 11.1. The number of rotatable bonds is 8. The molecule has 0 fully saturated rings. The molecule has 0 unspecified atom stereocenters. The van der Waals surface area contributed by atoms with E-state index in [1.54, 1.807) is 36.4 Å². The van der Waals surface area contributed by atoms with Gasteiger partial charge in [0.25, 0.3) is 0 Å². The fraction of sp³-hybridized carbons (Fsp3) is 0.136. The molecule has 0 radical (unpaired) electrons. The number of nitrogens with two attached hydrogens (primary N) is 1. The summed E-state index contributed by atoms with van der Waals surface area (Å²) in [5.41, 5.74) is 7.98. The highest BCUT2D eigenvalue weighted by molar-refractivity contribution is 7.89. The van der Waals surface area contributed by atoms with Crippen LogP contribution in [0, 0.1) is 5.82 Å². The van der Waals surface area contributed by atoms with E-state index in [1.165, 1.54) is 19.2 Å². The van der Waals surface area contributed by atoms with Crippen LogP contribution in [-0.4, -0.2) is 37.5 Å². The topological polar surface area (TPSA) is 110 Å². The molecule has 0 amide bonds. The summed E-state index contributed by atoms with van der Waals surface area (Å²) in [6.45, 7) is -0.552. The molecule has 0 aliphatic carbocycles. The van der Waals surface area contributed by atoms with Gasteiger partial charge in [-0.25, -0.2) is 17.6 Å². The van der Waals surface area contributed by atoms with Gasteiger partial charge in [0.2, 0.25) is 10.0 Å². The van der Waals surface area contributed by atoms with Crippen molar-refractivity contribution in [3.05, 3.63) is 77.1 Å². The maximum absolute atomic E-state index is 13.2. The minimum absolute atomic E-state index is 0.00195. The Morgan fingerprint density at radius 1 is 1.12 bits per heavy atom. The molecule has 0 bridgehead atoms. The van der Waals surface area contributed by atoms with Gasteiger partial charge in [-0.1, -0.05) is 17.7 Å². The zero-order valence-electron chi connectivity index (χ0n) is 17.0. The Bertz CT molecular complexity index is 1230. The third-order valence-electron chi connectivity index (χ3n) is 4.55. The van der Waals surface area contributed by atoms with Crippen molar-refractivity contribution < 1.29 is 27.4 Å². The number of nitrogens with zero attached hydrogens (tertiary/aromatic N) is 1. The number of nitrogen functional groups attached to an aromatic ring is 1. The molecule has 0 aromatic heterocycles. The lowest BCUT2D eigenvalue weighted by Gasteiger charge is -2.19. The highest BCUT2D eigenvalue weighted by atomic mass is 35.5. The van der Waals surface area contributed by atoms with E-state index < -0.39 is 28.4 Å². The summed E-state index contributed by atoms with van der Waals surface area (Å²) in [5, 5.41) is 9.33. The van der Waals surface area contributed by atoms with Gasteiger partial charge in [0.1, 0.15) is 11.6 Å². The van der Waals surface area contributed by atoms with Gasteiger partial charge in [-0.15, -0.1) is 0 Å². The average Bonchev–Trinajstić information content (AvgIpc) is 2.72. The molecule has 3 N–H and O–H groups in total. The van der Waals surface area contributed by atoms with Gasteiger partial charge in [-0.2, -0.15) is 4.31 Å². The summed E-state index contributed by atoms with van der Waals surface area (Å²) in [7, 11) is -2.45. The van der Waals surface area contributed by atoms with Gasteiger partial charge in [0.15, 0.2) is 6.61 Å². The van der Waals surface area contributed by atoms with Crippen LogP contribution in [0.5, 0.6) is 5.75 Å². The van der Waals surface area contributed by atoms with Crippen molar-refractivity contribution in [2.45, 2.75) is 11.4 Å². The molecule has 0 heterocycles. The van der Waals surface area contributed by atoms with Crippen LogP contribution in [0.25, 0.3) is 11.1 Å². The molecule has 168 valence electrons. The van der Waals surface area contributed by atoms with E-state index in [-0.39, 0.29) is 17.2 Å². The number of benzene rings is 3. The van der Waals surface area contributed by atoms with E-state index in [1.807, 2.05) is 0 Å². The molecule has 10 heteroatoms.